The number of piperazine rings is 1. The molecule has 23 heavy (non-hydrogen) atoms. The van der Waals surface area contributed by atoms with Crippen molar-refractivity contribution in [3.05, 3.63) is 35.6 Å². The van der Waals surface area contributed by atoms with Crippen molar-refractivity contribution in [2.75, 3.05) is 32.8 Å². The molecule has 6 heteroatoms. The summed E-state index contributed by atoms with van der Waals surface area (Å²) in [4.78, 5) is 27.7. The average Bonchev–Trinajstić information content (AvgIpc) is 3.04. The van der Waals surface area contributed by atoms with Gasteiger partial charge in [0.25, 0.3) is 0 Å². The Morgan fingerprint density at radius 3 is 2.83 bits per heavy atom. The van der Waals surface area contributed by atoms with Crippen molar-refractivity contribution in [2.45, 2.75) is 19.4 Å². The average molecular weight is 320 g/mol. The van der Waals surface area contributed by atoms with Crippen LogP contribution in [0, 0.1) is 11.7 Å². The van der Waals surface area contributed by atoms with Crippen LogP contribution in [-0.4, -0.2) is 54.5 Å². The van der Waals surface area contributed by atoms with E-state index in [1.54, 1.807) is 28.0 Å². The molecule has 5 nitrogen and oxygen atoms in total. The molecule has 0 saturated carbocycles. The van der Waals surface area contributed by atoms with Gasteiger partial charge in [0.05, 0.1) is 6.54 Å². The molecule has 1 aromatic rings. The molecular weight excluding hydrogens is 299 g/mol. The van der Waals surface area contributed by atoms with Gasteiger partial charge in [-0.3, -0.25) is 9.59 Å². The first-order valence-corrected chi connectivity index (χ1v) is 8.00. The van der Waals surface area contributed by atoms with Gasteiger partial charge in [-0.25, -0.2) is 4.39 Å². The van der Waals surface area contributed by atoms with E-state index in [0.717, 1.165) is 6.42 Å². The lowest BCUT2D eigenvalue weighted by molar-refractivity contribution is -0.146. The second-order valence-corrected chi connectivity index (χ2v) is 6.16. The Bertz CT molecular complexity index is 587. The molecule has 2 aliphatic heterocycles. The van der Waals surface area contributed by atoms with Crippen LogP contribution in [0.25, 0.3) is 0 Å². The number of ether oxygens (including phenoxy) is 1. The molecule has 0 spiro atoms. The number of nitrogens with zero attached hydrogens (tertiary/aromatic N) is 2. The Morgan fingerprint density at radius 2 is 2.13 bits per heavy atom. The first kappa shape index (κ1) is 15.9. The van der Waals surface area contributed by atoms with Gasteiger partial charge in [0.2, 0.25) is 11.8 Å². The van der Waals surface area contributed by atoms with E-state index >= 15 is 0 Å². The summed E-state index contributed by atoms with van der Waals surface area (Å²) < 4.78 is 19.0. The van der Waals surface area contributed by atoms with Crippen molar-refractivity contribution < 1.29 is 18.7 Å². The maximum absolute atomic E-state index is 13.7. The lowest BCUT2D eigenvalue weighted by Crippen LogP contribution is -2.52. The van der Waals surface area contributed by atoms with Gasteiger partial charge in [-0.2, -0.15) is 0 Å². The van der Waals surface area contributed by atoms with Crippen LogP contribution in [0.3, 0.4) is 0 Å². The molecule has 2 amide bonds. The number of benzene rings is 1. The van der Waals surface area contributed by atoms with Crippen LogP contribution < -0.4 is 0 Å². The van der Waals surface area contributed by atoms with E-state index in [0.29, 0.717) is 38.3 Å². The molecule has 0 N–H and O–H groups in total. The monoisotopic (exact) mass is 320 g/mol. The number of hydrogen-bond donors (Lipinski definition) is 0. The Labute approximate surface area is 135 Å². The highest BCUT2D eigenvalue weighted by molar-refractivity contribution is 5.86. The molecule has 0 aliphatic carbocycles. The Kier molecular flexibility index (Phi) is 4.91. The minimum atomic E-state index is -0.306. The number of amides is 2. The third-order valence-electron chi connectivity index (χ3n) is 4.48. The van der Waals surface area contributed by atoms with Gasteiger partial charge in [-0.1, -0.05) is 18.2 Å². The van der Waals surface area contributed by atoms with Crippen LogP contribution in [0.15, 0.2) is 24.3 Å². The maximum Gasteiger partial charge on any atom is 0.242 e. The van der Waals surface area contributed by atoms with Crippen molar-refractivity contribution in [1.29, 1.82) is 0 Å². The van der Waals surface area contributed by atoms with Gasteiger partial charge in [-0.15, -0.1) is 0 Å². The third kappa shape index (κ3) is 3.88. The molecule has 2 heterocycles. The van der Waals surface area contributed by atoms with Crippen molar-refractivity contribution in [3.8, 4) is 0 Å². The first-order chi connectivity index (χ1) is 11.1. The van der Waals surface area contributed by atoms with E-state index in [1.165, 1.54) is 6.07 Å². The summed E-state index contributed by atoms with van der Waals surface area (Å²) in [5.41, 5.74) is 0.503. The molecule has 0 aromatic heterocycles. The molecule has 2 saturated heterocycles. The standard InChI is InChI=1S/C17H21FN2O3/c18-15-4-2-1-3-14(15)10-19-6-7-20(11-17(19)22)16(21)9-13-5-8-23-12-13/h1-4,13H,5-12H2/t13-/m1/s1. The molecule has 124 valence electrons. The minimum absolute atomic E-state index is 0.0133. The van der Waals surface area contributed by atoms with Crippen LogP contribution in [0.2, 0.25) is 0 Å². The lowest BCUT2D eigenvalue weighted by Gasteiger charge is -2.34. The largest absolute Gasteiger partial charge is 0.381 e. The van der Waals surface area contributed by atoms with Crippen molar-refractivity contribution in [2.24, 2.45) is 5.92 Å². The summed E-state index contributed by atoms with van der Waals surface area (Å²) in [6.07, 6.45) is 1.35. The van der Waals surface area contributed by atoms with Gasteiger partial charge < -0.3 is 14.5 Å². The summed E-state index contributed by atoms with van der Waals surface area (Å²) >= 11 is 0. The first-order valence-electron chi connectivity index (χ1n) is 8.00. The molecular formula is C17H21FN2O3. The quantitative estimate of drug-likeness (QED) is 0.843. The van der Waals surface area contributed by atoms with E-state index in [-0.39, 0.29) is 36.6 Å². The molecule has 0 radical (unpaired) electrons. The van der Waals surface area contributed by atoms with Crippen molar-refractivity contribution >= 4 is 11.8 Å². The van der Waals surface area contributed by atoms with E-state index in [1.807, 2.05) is 0 Å². The highest BCUT2D eigenvalue weighted by Crippen LogP contribution is 2.19. The van der Waals surface area contributed by atoms with Crippen LogP contribution in [0.5, 0.6) is 0 Å². The SMILES string of the molecule is O=C(C[C@H]1CCOC1)N1CCN(Cc2ccccc2F)C(=O)C1. The van der Waals surface area contributed by atoms with E-state index in [4.69, 9.17) is 4.74 Å². The predicted molar refractivity (Wildman–Crippen MR) is 81.9 cm³/mol. The highest BCUT2D eigenvalue weighted by atomic mass is 19.1. The molecule has 1 aromatic carbocycles. The van der Waals surface area contributed by atoms with Crippen LogP contribution in [0.4, 0.5) is 4.39 Å². The fourth-order valence-electron chi connectivity index (χ4n) is 3.04. The molecule has 3 rings (SSSR count). The normalized spacial score (nSPS) is 21.8. The number of carbonyl (C=O) groups excluding carboxylic acids is 2. The van der Waals surface area contributed by atoms with E-state index < -0.39 is 0 Å². The molecule has 0 bridgehead atoms. The number of halogens is 1. The van der Waals surface area contributed by atoms with E-state index in [2.05, 4.69) is 0 Å². The molecule has 1 atom stereocenters. The van der Waals surface area contributed by atoms with E-state index in [9.17, 15) is 14.0 Å². The van der Waals surface area contributed by atoms with Crippen molar-refractivity contribution in [3.63, 3.8) is 0 Å². The number of rotatable bonds is 4. The summed E-state index contributed by atoms with van der Waals surface area (Å²) in [5, 5.41) is 0. The third-order valence-corrected chi connectivity index (χ3v) is 4.48. The van der Waals surface area contributed by atoms with Gasteiger partial charge in [-0.05, 0) is 18.4 Å². The van der Waals surface area contributed by atoms with Gasteiger partial charge in [0.1, 0.15) is 5.82 Å². The zero-order chi connectivity index (χ0) is 16.2. The predicted octanol–water partition coefficient (Wildman–Crippen LogP) is 1.42. The topological polar surface area (TPSA) is 49.9 Å². The second kappa shape index (κ2) is 7.08. The fourth-order valence-corrected chi connectivity index (χ4v) is 3.04. The van der Waals surface area contributed by atoms with Crippen LogP contribution in [0.1, 0.15) is 18.4 Å². The van der Waals surface area contributed by atoms with Gasteiger partial charge in [0.15, 0.2) is 0 Å². The number of hydrogen-bond acceptors (Lipinski definition) is 3. The molecule has 2 aliphatic rings. The summed E-state index contributed by atoms with van der Waals surface area (Å²) in [7, 11) is 0. The summed E-state index contributed by atoms with van der Waals surface area (Å²) in [6.45, 7) is 2.64. The Balaban J connectivity index is 1.53. The smallest absolute Gasteiger partial charge is 0.242 e. The minimum Gasteiger partial charge on any atom is -0.381 e. The Hall–Kier alpha value is -1.95. The zero-order valence-corrected chi connectivity index (χ0v) is 13.0. The fraction of sp³-hybridized carbons (Fsp3) is 0.529. The Morgan fingerprint density at radius 1 is 1.30 bits per heavy atom. The van der Waals surface area contributed by atoms with Gasteiger partial charge in [0, 0.05) is 44.8 Å². The second-order valence-electron chi connectivity index (χ2n) is 6.16. The van der Waals surface area contributed by atoms with Crippen molar-refractivity contribution in [1.82, 2.24) is 9.80 Å². The maximum atomic E-state index is 13.7. The van der Waals surface area contributed by atoms with Crippen LogP contribution >= 0.6 is 0 Å². The summed E-state index contributed by atoms with van der Waals surface area (Å²) in [5.74, 6) is -0.149. The number of carbonyl (C=O) groups is 2. The van der Waals surface area contributed by atoms with Gasteiger partial charge >= 0.3 is 0 Å². The highest BCUT2D eigenvalue weighted by Gasteiger charge is 2.29. The lowest BCUT2D eigenvalue weighted by atomic mass is 10.0. The summed E-state index contributed by atoms with van der Waals surface area (Å²) in [6, 6.07) is 6.46. The molecule has 0 unspecified atom stereocenters. The zero-order valence-electron chi connectivity index (χ0n) is 13.0. The van der Waals surface area contributed by atoms with Crippen LogP contribution in [-0.2, 0) is 20.9 Å². The molecule has 2 fully saturated rings.